The zero-order valence-electron chi connectivity index (χ0n) is 80.9. The average Bonchev–Trinajstić information content (AvgIpc) is 1.56. The summed E-state index contributed by atoms with van der Waals surface area (Å²) < 4.78 is 83.8. The largest absolute Gasteiger partial charge is 0.527 e. The van der Waals surface area contributed by atoms with Gasteiger partial charge in [0, 0.05) is 119 Å². The van der Waals surface area contributed by atoms with Crippen LogP contribution >= 0.6 is 0 Å². The molecule has 6 aromatic heterocycles. The van der Waals surface area contributed by atoms with E-state index >= 15 is 0 Å². The van der Waals surface area contributed by atoms with Crippen molar-refractivity contribution in [2.75, 3.05) is 4.90 Å². The van der Waals surface area contributed by atoms with Gasteiger partial charge in [0.05, 0.1) is 49.1 Å². The van der Waals surface area contributed by atoms with Gasteiger partial charge in [0.1, 0.15) is 69.0 Å². The van der Waals surface area contributed by atoms with Crippen molar-refractivity contribution in [3.05, 3.63) is 506 Å². The summed E-state index contributed by atoms with van der Waals surface area (Å²) in [5.41, 5.74) is 26.7. The second-order valence-corrected chi connectivity index (χ2v) is 33.4. The van der Waals surface area contributed by atoms with Gasteiger partial charge < -0.3 is 19.5 Å². The second kappa shape index (κ2) is 39.0. The molecule has 14 heterocycles. The molecule has 8 aliphatic heterocycles. The molecule has 0 bridgehead atoms. The van der Waals surface area contributed by atoms with Gasteiger partial charge in [-0.1, -0.05) is 303 Å². The summed E-state index contributed by atoms with van der Waals surface area (Å²) >= 11 is 0. The van der Waals surface area contributed by atoms with E-state index in [4.69, 9.17) is 15.7 Å². The fourth-order valence-corrected chi connectivity index (χ4v) is 18.8. The van der Waals surface area contributed by atoms with E-state index in [0.29, 0.717) is 29.3 Å². The Morgan fingerprint density at radius 1 is 0.466 bits per heavy atom. The Bertz CT molecular complexity index is 8010. The van der Waals surface area contributed by atoms with Crippen molar-refractivity contribution in [1.82, 2.24) is 28.6 Å². The summed E-state index contributed by atoms with van der Waals surface area (Å²) in [6, 6.07) is 109. The molecule has 653 valence electrons. The monoisotopic (exact) mass is 1920 g/mol. The number of hydrogen-bond acceptors (Lipinski definition) is 5. The summed E-state index contributed by atoms with van der Waals surface area (Å²) in [7, 11) is 0. The summed E-state index contributed by atoms with van der Waals surface area (Å²) in [5.74, 6) is 6.22. The molecule has 133 heavy (non-hydrogen) atoms. The zero-order chi connectivity index (χ0) is 94.5. The molecule has 0 saturated heterocycles. The standard InChI is InChI=1S/C24H17N2.C22H25N2.C20H15N2.C15H10NO.C14H12N2.C12H10N.C11H8N.2CH4.Ir/c1-3-11-19-17(8-1)10-7-15-21(19)26-23-14-6-5-13-22(23)25-16-18-9-2-4-12-20(18)24(25)26;1-15(2)18-10-7-11-19(16(3)4)21(18)24-13-12-23-14-17-8-5-6-9-20(17)22(23)24;1-3-9-17-15(6-1)8-5-11-19(17)22-13-12-21-14-16-7-2-4-10-18(16)20(21)22;1-11-13(14-7-4-5-9-16-14)10-12-6-2-3-8-15(12)17-11;1-2-7-13-11(5-1)9-14-15-8-4-3-6-12(15)10-16(13)14;1-2-6-11-10(5-1)9-13-8-4-3-7-12(11)13;1-2-6-10(7-3-1)11-8-4-5-9-12-11;;;/h1-15H,16H2;5-13,15-16H,14H2,1-4H3;1-13H,14H2;2-9H,1H2;1-8,10,14H,9H2;1-8H,9H2;1-6,8-9H;2*1H4;/q3*+1;-1;;+1;-1;;;/i;;;;;1D,2D,3D,4D,5D,6D,7D,8D;;;;. The fourth-order valence-electron chi connectivity index (χ4n) is 18.8. The first kappa shape index (κ1) is 78.5. The third-order valence-electron chi connectivity index (χ3n) is 24.8. The molecule has 0 spiro atoms. The number of aromatic nitrogens is 9. The molecule has 0 fully saturated rings. The van der Waals surface area contributed by atoms with E-state index in [1.807, 2.05) is 84.9 Å². The third kappa shape index (κ3) is 17.2. The number of pyridine rings is 3. The first-order valence-electron chi connectivity index (χ1n) is 48.2. The Balaban J connectivity index is 0.000000109. The van der Waals surface area contributed by atoms with Crippen LogP contribution in [0.1, 0.15) is 116 Å². The van der Waals surface area contributed by atoms with Crippen molar-refractivity contribution in [3.8, 4) is 79.5 Å². The second-order valence-electron chi connectivity index (χ2n) is 33.4. The predicted molar refractivity (Wildman–Crippen MR) is 536 cm³/mol. The summed E-state index contributed by atoms with van der Waals surface area (Å²) in [4.78, 5) is 13.2. The Kier molecular flexibility index (Phi) is 23.0. The van der Waals surface area contributed by atoms with Crippen molar-refractivity contribution >= 4 is 43.8 Å². The smallest absolute Gasteiger partial charge is 0.295 e. The number of nitrogens with zero attached hydrogens (tertiary/aromatic N) is 11. The number of benzene rings is 13. The fraction of sp³-hybridized carbons (Fsp3) is 0.117. The van der Waals surface area contributed by atoms with Crippen LogP contribution in [0.4, 0.5) is 5.69 Å². The van der Waals surface area contributed by atoms with Crippen LogP contribution in [0.15, 0.2) is 444 Å². The maximum atomic E-state index is 7.98. The van der Waals surface area contributed by atoms with Crippen LogP contribution in [-0.2, 0) is 52.7 Å². The molecule has 1 unspecified atom stereocenters. The number of allylic oxidation sites excluding steroid dienone is 4. The molecule has 12 nitrogen and oxygen atoms in total. The molecule has 0 N–H and O–H groups in total. The van der Waals surface area contributed by atoms with E-state index in [1.54, 1.807) is 12.4 Å². The van der Waals surface area contributed by atoms with Crippen molar-refractivity contribution in [2.24, 2.45) is 0 Å². The van der Waals surface area contributed by atoms with Gasteiger partial charge in [-0.25, -0.2) is 13.7 Å². The Morgan fingerprint density at radius 2 is 1.02 bits per heavy atom. The molecule has 19 aromatic rings. The maximum absolute atomic E-state index is 7.98. The van der Waals surface area contributed by atoms with Gasteiger partial charge in [-0.3, -0.25) is 4.98 Å². The number of anilines is 1. The molecule has 0 amide bonds. The molecule has 8 aliphatic rings. The van der Waals surface area contributed by atoms with Crippen LogP contribution < -0.4 is 27.9 Å². The molecule has 27 rings (SSSR count). The number of fused-ring (bicyclic) bond motifs is 22. The number of imidazole rings is 3. The van der Waals surface area contributed by atoms with Gasteiger partial charge >= 0.3 is 0 Å². The number of hydrogen-bond donors (Lipinski definition) is 0. The Morgan fingerprint density at radius 3 is 1.71 bits per heavy atom. The molecule has 13 heteroatoms. The molecular formula is C120H105IrN11O+2. The number of ether oxygens (including phenoxy) is 1. The SMILES string of the molecule is C.C.C1=CC2=CN3c4ccccc4CC3N2C=C1.C=C1Oc2ccccc2[C-]=C1c1ccccn1.CC(C)c1cccc(C(C)C)c1-n1cc[n+]2c1-c1ccccc1C2.[2H]c1c([2H])c([2H])c2c(c1[2H])C[n+]1c([2H])c([2H])c([2H])c([2H])c1-2.[Ir].[c-]1ccccc1-c1ccccn1.c1ccc2c(c1)C[n+]1c-2n(-c2cccc3ccccc23)c2ccccc21.c1ccc2c(c1)C[n+]1ccn(-c3cccc4ccccc34)c1-2. The minimum atomic E-state index is -0.411. The van der Waals surface area contributed by atoms with Gasteiger partial charge in [-0.05, 0) is 119 Å². The molecule has 13 aromatic carbocycles. The van der Waals surface area contributed by atoms with E-state index in [9.17, 15) is 0 Å². The Hall–Kier alpha value is -15.5. The van der Waals surface area contributed by atoms with Gasteiger partial charge in [0.2, 0.25) is 5.69 Å². The third-order valence-corrected chi connectivity index (χ3v) is 24.8. The quantitative estimate of drug-likeness (QED) is 0.117. The number of rotatable bonds is 7. The van der Waals surface area contributed by atoms with Crippen LogP contribution in [0.25, 0.3) is 112 Å². The van der Waals surface area contributed by atoms with Gasteiger partial charge in [0.25, 0.3) is 17.5 Å². The average molecular weight is 1920 g/mol. The van der Waals surface area contributed by atoms with Crippen LogP contribution in [0, 0.1) is 12.1 Å². The van der Waals surface area contributed by atoms with Crippen LogP contribution in [0.5, 0.6) is 5.75 Å². The van der Waals surface area contributed by atoms with Crippen molar-refractivity contribution < 1.29 is 54.1 Å². The number of para-hydroxylation sites is 5. The summed E-state index contributed by atoms with van der Waals surface area (Å²) in [6.45, 7) is 15.9. The minimum absolute atomic E-state index is 0. The van der Waals surface area contributed by atoms with Gasteiger partial charge in [0.15, 0.2) is 23.8 Å². The molecule has 1 atom stereocenters. The molecule has 1 radical (unpaired) electrons. The van der Waals surface area contributed by atoms with Crippen molar-refractivity contribution in [1.29, 1.82) is 0 Å². The van der Waals surface area contributed by atoms with Crippen molar-refractivity contribution in [2.45, 2.75) is 93.1 Å². The van der Waals surface area contributed by atoms with Gasteiger partial charge in [-0.2, -0.15) is 18.3 Å². The minimum Gasteiger partial charge on any atom is -0.527 e. The normalized spacial score (nSPS) is 14.4. The summed E-state index contributed by atoms with van der Waals surface area (Å²) in [5, 5.41) is 5.11. The first-order valence-corrected chi connectivity index (χ1v) is 44.2. The van der Waals surface area contributed by atoms with Crippen LogP contribution in [-0.4, -0.2) is 34.7 Å². The topological polar surface area (TPSA) is 71.8 Å². The zero-order valence-corrected chi connectivity index (χ0v) is 75.3. The van der Waals surface area contributed by atoms with E-state index in [2.05, 4.69) is 373 Å². The van der Waals surface area contributed by atoms with Crippen LogP contribution in [0.3, 0.4) is 0 Å². The van der Waals surface area contributed by atoms with E-state index in [1.165, 1.54) is 133 Å². The van der Waals surface area contributed by atoms with Crippen molar-refractivity contribution in [3.63, 3.8) is 0 Å². The van der Waals surface area contributed by atoms with E-state index in [0.717, 1.165) is 59.9 Å². The molecular weight excluding hydrogens is 1800 g/mol. The van der Waals surface area contributed by atoms with E-state index < -0.39 is 12.1 Å². The predicted octanol–water partition coefficient (Wildman–Crippen LogP) is 25.7. The van der Waals surface area contributed by atoms with E-state index in [-0.39, 0.29) is 89.1 Å². The maximum Gasteiger partial charge on any atom is 0.295 e. The van der Waals surface area contributed by atoms with Crippen LogP contribution in [0.2, 0.25) is 0 Å². The summed E-state index contributed by atoms with van der Waals surface area (Å²) in [6.07, 6.45) is 27.7. The molecule has 0 aliphatic carbocycles. The molecule has 0 saturated carbocycles. The Labute approximate surface area is 804 Å². The first-order chi connectivity index (χ1) is 67.4. The van der Waals surface area contributed by atoms with Gasteiger partial charge in [-0.15, -0.1) is 48.0 Å².